The van der Waals surface area contributed by atoms with Crippen molar-refractivity contribution in [2.24, 2.45) is 5.92 Å². The summed E-state index contributed by atoms with van der Waals surface area (Å²) in [4.78, 5) is 23.9. The molecule has 0 spiro atoms. The number of para-hydroxylation sites is 1. The van der Waals surface area contributed by atoms with Gasteiger partial charge in [-0.2, -0.15) is 0 Å². The molecule has 0 aromatic heterocycles. The molecule has 1 amide bonds. The van der Waals surface area contributed by atoms with Gasteiger partial charge in [0.05, 0.1) is 0 Å². The highest BCUT2D eigenvalue weighted by Gasteiger charge is 2.32. The van der Waals surface area contributed by atoms with Crippen LogP contribution in [0, 0.1) is 5.92 Å². The van der Waals surface area contributed by atoms with Crippen LogP contribution in [-0.4, -0.2) is 36.7 Å². The maximum absolute atomic E-state index is 12.0. The van der Waals surface area contributed by atoms with Crippen molar-refractivity contribution in [3.8, 4) is 11.5 Å². The van der Waals surface area contributed by atoms with E-state index in [1.54, 1.807) is 6.07 Å². The quantitative estimate of drug-likeness (QED) is 0.774. The van der Waals surface area contributed by atoms with Crippen molar-refractivity contribution < 1.29 is 23.8 Å². The first kappa shape index (κ1) is 19.5. The molecular weight excluding hydrogens is 346 g/mol. The van der Waals surface area contributed by atoms with Crippen LogP contribution >= 0.6 is 0 Å². The Morgan fingerprint density at radius 2 is 2.00 bits per heavy atom. The molecule has 2 aliphatic rings. The molecule has 6 nitrogen and oxygen atoms in total. The van der Waals surface area contributed by atoms with Gasteiger partial charge < -0.3 is 19.5 Å². The lowest BCUT2D eigenvalue weighted by Crippen LogP contribution is -2.43. The normalized spacial score (nSPS) is 23.1. The molecule has 1 fully saturated rings. The molecule has 148 valence electrons. The second kappa shape index (κ2) is 8.19. The number of hydrogen-bond acceptors (Lipinski definition) is 5. The zero-order chi connectivity index (χ0) is 19.4. The molecule has 27 heavy (non-hydrogen) atoms. The van der Waals surface area contributed by atoms with Crippen LogP contribution in [0.5, 0.6) is 11.5 Å². The van der Waals surface area contributed by atoms with E-state index >= 15 is 0 Å². The highest BCUT2D eigenvalue weighted by atomic mass is 16.6. The van der Waals surface area contributed by atoms with Crippen LogP contribution in [0.15, 0.2) is 18.2 Å². The zero-order valence-corrected chi connectivity index (χ0v) is 16.4. The lowest BCUT2D eigenvalue weighted by molar-refractivity contribution is -0.150. The number of rotatable bonds is 6. The summed E-state index contributed by atoms with van der Waals surface area (Å²) in [5.74, 6) is 0.838. The number of ether oxygens (including phenoxy) is 3. The van der Waals surface area contributed by atoms with Gasteiger partial charge in [-0.25, -0.2) is 4.79 Å². The Morgan fingerprint density at radius 3 is 2.78 bits per heavy atom. The van der Waals surface area contributed by atoms with Crippen molar-refractivity contribution in [3.05, 3.63) is 23.8 Å². The Labute approximate surface area is 160 Å². The van der Waals surface area contributed by atoms with Crippen LogP contribution in [0.25, 0.3) is 0 Å². The first-order valence-electron chi connectivity index (χ1n) is 9.73. The fraction of sp³-hybridized carbons (Fsp3) is 0.619. The monoisotopic (exact) mass is 375 g/mol. The summed E-state index contributed by atoms with van der Waals surface area (Å²) < 4.78 is 16.5. The Morgan fingerprint density at radius 1 is 1.22 bits per heavy atom. The van der Waals surface area contributed by atoms with Crippen LogP contribution in [-0.2, 0) is 20.7 Å². The fourth-order valence-electron chi connectivity index (χ4n) is 3.80. The van der Waals surface area contributed by atoms with Crippen LogP contribution < -0.4 is 14.8 Å². The van der Waals surface area contributed by atoms with E-state index in [-0.39, 0.29) is 30.8 Å². The third-order valence-electron chi connectivity index (χ3n) is 5.22. The molecule has 1 aliphatic carbocycles. The van der Waals surface area contributed by atoms with Crippen molar-refractivity contribution in [2.75, 3.05) is 13.2 Å². The second-order valence-electron chi connectivity index (χ2n) is 8.17. The molecule has 1 heterocycles. The van der Waals surface area contributed by atoms with Crippen LogP contribution in [0.2, 0.25) is 0 Å². The van der Waals surface area contributed by atoms with E-state index in [0.29, 0.717) is 17.4 Å². The fourth-order valence-corrected chi connectivity index (χ4v) is 3.80. The maximum atomic E-state index is 12.0. The van der Waals surface area contributed by atoms with Gasteiger partial charge in [0.25, 0.3) is 5.91 Å². The van der Waals surface area contributed by atoms with Crippen molar-refractivity contribution in [1.82, 2.24) is 5.32 Å². The second-order valence-corrected chi connectivity index (χ2v) is 8.17. The van der Waals surface area contributed by atoms with Gasteiger partial charge in [-0.1, -0.05) is 31.9 Å². The van der Waals surface area contributed by atoms with Gasteiger partial charge in [0.15, 0.2) is 24.7 Å². The summed E-state index contributed by atoms with van der Waals surface area (Å²) in [6.07, 6.45) is 5.25. The predicted octanol–water partition coefficient (Wildman–Crippen LogP) is 3.02. The number of benzene rings is 1. The minimum absolute atomic E-state index is 0.175. The Bertz CT molecular complexity index is 700. The van der Waals surface area contributed by atoms with E-state index < -0.39 is 5.97 Å². The number of esters is 1. The highest BCUT2D eigenvalue weighted by Crippen LogP contribution is 2.41. The molecule has 0 saturated heterocycles. The van der Waals surface area contributed by atoms with E-state index in [1.807, 2.05) is 26.0 Å². The number of carbonyl (C=O) groups excluding carboxylic acids is 2. The molecule has 3 rings (SSSR count). The predicted molar refractivity (Wildman–Crippen MR) is 101 cm³/mol. The molecule has 1 aromatic carbocycles. The Kier molecular flexibility index (Phi) is 5.92. The third-order valence-corrected chi connectivity index (χ3v) is 5.22. The Hall–Kier alpha value is -2.24. The molecule has 0 radical (unpaired) electrons. The topological polar surface area (TPSA) is 73.9 Å². The van der Waals surface area contributed by atoms with Gasteiger partial charge >= 0.3 is 5.97 Å². The van der Waals surface area contributed by atoms with Crippen molar-refractivity contribution >= 4 is 11.9 Å². The minimum Gasteiger partial charge on any atom is -0.483 e. The summed E-state index contributed by atoms with van der Waals surface area (Å²) in [7, 11) is 0. The van der Waals surface area contributed by atoms with Gasteiger partial charge in [-0.3, -0.25) is 4.79 Å². The number of fused-ring (bicyclic) bond motifs is 1. The van der Waals surface area contributed by atoms with E-state index in [4.69, 9.17) is 14.2 Å². The number of hydrogen-bond donors (Lipinski definition) is 1. The van der Waals surface area contributed by atoms with Crippen LogP contribution in [0.1, 0.15) is 52.0 Å². The van der Waals surface area contributed by atoms with Crippen LogP contribution in [0.4, 0.5) is 0 Å². The number of carbonyl (C=O) groups is 2. The van der Waals surface area contributed by atoms with Crippen molar-refractivity contribution in [3.63, 3.8) is 0 Å². The molecule has 1 aliphatic heterocycles. The first-order valence-corrected chi connectivity index (χ1v) is 9.73. The molecule has 0 unspecified atom stereocenters. The summed E-state index contributed by atoms with van der Waals surface area (Å²) in [6.45, 7) is 5.63. The van der Waals surface area contributed by atoms with E-state index in [2.05, 4.69) is 12.2 Å². The van der Waals surface area contributed by atoms with Crippen LogP contribution in [0.3, 0.4) is 0 Å². The average molecular weight is 375 g/mol. The van der Waals surface area contributed by atoms with E-state index in [9.17, 15) is 9.59 Å². The summed E-state index contributed by atoms with van der Waals surface area (Å²) in [5.41, 5.74) is 0.781. The lowest BCUT2D eigenvalue weighted by Gasteiger charge is -2.29. The number of amides is 1. The average Bonchev–Trinajstić information content (AvgIpc) is 2.94. The molecule has 0 bridgehead atoms. The third kappa shape index (κ3) is 5.15. The molecule has 1 saturated carbocycles. The molecule has 6 heteroatoms. The van der Waals surface area contributed by atoms with Crippen molar-refractivity contribution in [2.45, 2.75) is 64.5 Å². The standard InChI is InChI=1S/C21H29NO5/c1-14-7-4-5-9-16(14)22-18(23)12-26-19(24)13-25-17-10-6-8-15-11-21(2,3)27-20(15)17/h6,8,10,14,16H,4-5,7,9,11-13H2,1-3H3,(H,22,23)/t14-,16-/m0/s1. The molecular formula is C21H29NO5. The maximum Gasteiger partial charge on any atom is 0.344 e. The summed E-state index contributed by atoms with van der Waals surface area (Å²) in [5, 5.41) is 2.96. The van der Waals surface area contributed by atoms with Gasteiger partial charge in [0, 0.05) is 18.0 Å². The van der Waals surface area contributed by atoms with E-state index in [0.717, 1.165) is 31.2 Å². The first-order chi connectivity index (χ1) is 12.8. The Balaban J connectivity index is 1.43. The largest absolute Gasteiger partial charge is 0.483 e. The SMILES string of the molecule is C[C@H]1CCCC[C@@H]1NC(=O)COC(=O)COc1cccc2c1OC(C)(C)C2. The van der Waals surface area contributed by atoms with Gasteiger partial charge in [-0.15, -0.1) is 0 Å². The smallest absolute Gasteiger partial charge is 0.344 e. The highest BCUT2D eigenvalue weighted by molar-refractivity contribution is 5.81. The van der Waals surface area contributed by atoms with Crippen molar-refractivity contribution in [1.29, 1.82) is 0 Å². The molecule has 1 aromatic rings. The summed E-state index contributed by atoms with van der Waals surface area (Å²) >= 11 is 0. The molecule has 2 atom stereocenters. The lowest BCUT2D eigenvalue weighted by atomic mass is 9.86. The minimum atomic E-state index is -0.572. The zero-order valence-electron chi connectivity index (χ0n) is 16.4. The van der Waals surface area contributed by atoms with Gasteiger partial charge in [0.2, 0.25) is 0 Å². The van der Waals surface area contributed by atoms with E-state index in [1.165, 1.54) is 6.42 Å². The summed E-state index contributed by atoms with van der Waals surface area (Å²) in [6, 6.07) is 5.81. The molecule has 1 N–H and O–H groups in total. The number of nitrogens with one attached hydrogen (secondary N) is 1. The van der Waals surface area contributed by atoms with Gasteiger partial charge in [0.1, 0.15) is 5.60 Å². The van der Waals surface area contributed by atoms with Gasteiger partial charge in [-0.05, 0) is 38.7 Å².